The first-order chi connectivity index (χ1) is 25.1. The number of aryl methyl sites for hydroxylation is 2. The fourth-order valence-corrected chi connectivity index (χ4v) is 5.46. The molecular formula is C36H45ClN8O8. The minimum atomic E-state index is -0.652. The Morgan fingerprint density at radius 1 is 1.00 bits per heavy atom. The average molecular weight is 753 g/mol. The number of aliphatic hydroxyl groups is 1. The summed E-state index contributed by atoms with van der Waals surface area (Å²) in [4.78, 5) is 40.4. The van der Waals surface area contributed by atoms with Crippen LogP contribution in [0.4, 0.5) is 11.8 Å². The number of carbonyl (C=O) groups is 1. The molecule has 0 spiro atoms. The Morgan fingerprint density at radius 2 is 1.72 bits per heavy atom. The summed E-state index contributed by atoms with van der Waals surface area (Å²) >= 11 is 0. The van der Waals surface area contributed by atoms with E-state index in [1.807, 2.05) is 36.1 Å². The van der Waals surface area contributed by atoms with Crippen LogP contribution in [-0.4, -0.2) is 107 Å². The number of furan rings is 1. The molecule has 0 radical (unpaired) electrons. The zero-order valence-corrected chi connectivity index (χ0v) is 30.7. The number of aromatic hydroxyl groups is 1. The van der Waals surface area contributed by atoms with Crippen LogP contribution >= 0.6 is 0 Å². The van der Waals surface area contributed by atoms with E-state index in [0.717, 1.165) is 11.3 Å². The minimum Gasteiger partial charge on any atom is -1.00 e. The number of carbonyl (C=O) groups excluding carboxylic acids is 1. The Hall–Kier alpha value is -5.58. The first-order valence-electron chi connectivity index (χ1n) is 16.7. The molecule has 1 fully saturated rings. The highest BCUT2D eigenvalue weighted by molar-refractivity contribution is 5.92. The maximum absolute atomic E-state index is 12.4. The largest absolute Gasteiger partial charge is 1.00 e. The Balaban J connectivity index is 0.000000284. The lowest BCUT2D eigenvalue weighted by Crippen LogP contribution is -3.00. The maximum Gasteiger partial charge on any atom is 1.00 e. The number of nitrogens with two attached hydrogens (primary N) is 1. The Labute approximate surface area is 314 Å². The molecule has 0 saturated carbocycles. The molecule has 1 aliphatic rings. The first-order valence-corrected chi connectivity index (χ1v) is 16.7. The fraction of sp³-hybridized carbons (Fsp3) is 0.361. The van der Waals surface area contributed by atoms with Gasteiger partial charge < -0.3 is 62.1 Å². The van der Waals surface area contributed by atoms with E-state index in [4.69, 9.17) is 24.4 Å². The van der Waals surface area contributed by atoms with Gasteiger partial charge in [0, 0.05) is 69.0 Å². The number of nitrogen functional groups attached to an aromatic ring is 1. The van der Waals surface area contributed by atoms with Crippen molar-refractivity contribution in [3.8, 4) is 23.1 Å². The number of fused-ring (bicyclic) bond motifs is 1. The molecule has 53 heavy (non-hydrogen) atoms. The van der Waals surface area contributed by atoms with Crippen LogP contribution in [0.15, 0.2) is 70.2 Å². The van der Waals surface area contributed by atoms with Crippen LogP contribution < -0.4 is 48.3 Å². The zero-order chi connectivity index (χ0) is 37.2. The summed E-state index contributed by atoms with van der Waals surface area (Å²) in [6, 6.07) is 14.6. The molecule has 1 unspecified atom stereocenters. The SMILES string of the molecule is COc1cc2nc(N3CCN(C(=O)c4ccco4)CC3)nc(N)c2cc1OC.Cc1ccccc1OCC(O)CNCCn1cc(C)c(O)nc1=O.[Cl-].[H+]. The Kier molecular flexibility index (Phi) is 14.2. The van der Waals surface area contributed by atoms with E-state index >= 15 is 0 Å². The molecule has 6 rings (SSSR count). The number of amides is 1. The summed E-state index contributed by atoms with van der Waals surface area (Å²) in [6.07, 6.45) is 2.41. The van der Waals surface area contributed by atoms with Crippen molar-refractivity contribution in [2.75, 3.05) is 70.7 Å². The molecule has 3 aromatic heterocycles. The van der Waals surface area contributed by atoms with Gasteiger partial charge in [-0.2, -0.15) is 9.97 Å². The van der Waals surface area contributed by atoms with Gasteiger partial charge in [0.25, 0.3) is 5.91 Å². The van der Waals surface area contributed by atoms with Gasteiger partial charge in [-0.25, -0.2) is 9.78 Å². The number of nitrogens with zero attached hydrogens (tertiary/aromatic N) is 6. The number of aliphatic hydroxyl groups excluding tert-OH is 1. The van der Waals surface area contributed by atoms with Crippen molar-refractivity contribution >= 4 is 28.6 Å². The molecule has 4 heterocycles. The van der Waals surface area contributed by atoms with E-state index in [-0.39, 0.29) is 32.2 Å². The van der Waals surface area contributed by atoms with E-state index in [0.29, 0.717) is 91.3 Å². The first kappa shape index (κ1) is 40.2. The molecule has 17 heteroatoms. The van der Waals surface area contributed by atoms with E-state index in [2.05, 4.69) is 20.3 Å². The molecular weight excluding hydrogens is 708 g/mol. The highest BCUT2D eigenvalue weighted by Crippen LogP contribution is 2.34. The molecule has 1 atom stereocenters. The van der Waals surface area contributed by atoms with Crippen LogP contribution in [-0.2, 0) is 6.54 Å². The molecule has 1 amide bonds. The van der Waals surface area contributed by atoms with Gasteiger partial charge in [-0.15, -0.1) is 0 Å². The van der Waals surface area contributed by atoms with Gasteiger partial charge in [0.2, 0.25) is 11.8 Å². The number of piperazine rings is 1. The van der Waals surface area contributed by atoms with Crippen molar-refractivity contribution in [1.29, 1.82) is 0 Å². The lowest BCUT2D eigenvalue weighted by molar-refractivity contribution is -0.0000240. The van der Waals surface area contributed by atoms with Gasteiger partial charge in [-0.3, -0.25) is 9.36 Å². The summed E-state index contributed by atoms with van der Waals surface area (Å²) in [7, 11) is 3.14. The number of anilines is 2. The molecule has 1 aliphatic heterocycles. The molecule has 1 saturated heterocycles. The molecule has 0 bridgehead atoms. The number of halogens is 1. The van der Waals surface area contributed by atoms with E-state index in [9.17, 15) is 19.8 Å². The molecule has 284 valence electrons. The summed E-state index contributed by atoms with van der Waals surface area (Å²) < 4.78 is 22.9. The molecule has 2 aromatic carbocycles. The smallest absolute Gasteiger partial charge is 1.00 e. The van der Waals surface area contributed by atoms with Crippen LogP contribution in [0.5, 0.6) is 23.1 Å². The number of hydrogen-bond donors (Lipinski definition) is 4. The average Bonchev–Trinajstić information content (AvgIpc) is 3.70. The summed E-state index contributed by atoms with van der Waals surface area (Å²) in [5.41, 5.74) is 7.91. The number of benzene rings is 2. The molecule has 5 N–H and O–H groups in total. The lowest BCUT2D eigenvalue weighted by atomic mass is 10.2. The second-order valence-corrected chi connectivity index (χ2v) is 12.0. The number of hydrogen-bond acceptors (Lipinski definition) is 14. The number of ether oxygens (including phenoxy) is 3. The number of rotatable bonds is 12. The van der Waals surface area contributed by atoms with Gasteiger partial charge in [-0.05, 0) is 43.7 Å². The van der Waals surface area contributed by atoms with Crippen LogP contribution in [0.1, 0.15) is 23.1 Å². The van der Waals surface area contributed by atoms with Crippen molar-refractivity contribution in [3.63, 3.8) is 0 Å². The standard InChI is InChI=1S/C19H21N5O4.C17H23N3O4.ClH/c1-26-15-10-12-13(11-16(15)27-2)21-19(22-17(12)20)24-7-5-23(6-8-24)18(25)14-4-3-9-28-14;1-12-5-3-4-6-15(12)24-11-14(21)9-18-7-8-20-10-13(2)16(22)19-17(20)23;/h3-4,9-11H,5-8H2,1-2H3,(H2,20,21,22);3-6,10,14,18,21H,7-9,11H2,1-2H3,(H,19,22,23);1H. The highest BCUT2D eigenvalue weighted by Gasteiger charge is 2.25. The fourth-order valence-electron chi connectivity index (χ4n) is 5.46. The number of nitrogens with one attached hydrogen (secondary N) is 1. The second-order valence-electron chi connectivity index (χ2n) is 12.0. The van der Waals surface area contributed by atoms with Gasteiger partial charge in [0.05, 0.1) is 26.0 Å². The normalized spacial score (nSPS) is 13.1. The van der Waals surface area contributed by atoms with Crippen molar-refractivity contribution in [2.45, 2.75) is 26.5 Å². The lowest BCUT2D eigenvalue weighted by Gasteiger charge is -2.34. The molecule has 0 aliphatic carbocycles. The van der Waals surface area contributed by atoms with Crippen LogP contribution in [0.3, 0.4) is 0 Å². The van der Waals surface area contributed by atoms with E-state index < -0.39 is 11.8 Å². The van der Waals surface area contributed by atoms with Gasteiger partial charge in [-0.1, -0.05) is 18.2 Å². The van der Waals surface area contributed by atoms with Crippen molar-refractivity contribution < 1.29 is 47.5 Å². The van der Waals surface area contributed by atoms with Gasteiger partial charge in [0.15, 0.2) is 17.3 Å². The maximum atomic E-state index is 12.4. The number of para-hydroxylation sites is 1. The minimum absolute atomic E-state index is 0. The second kappa shape index (κ2) is 18.8. The summed E-state index contributed by atoms with van der Waals surface area (Å²) in [5.74, 6) is 2.80. The third kappa shape index (κ3) is 10.3. The topological polar surface area (TPSA) is 204 Å². The number of methoxy groups -OCH3 is 2. The number of aromatic nitrogens is 4. The van der Waals surface area contributed by atoms with Crippen LogP contribution in [0.2, 0.25) is 0 Å². The zero-order valence-electron chi connectivity index (χ0n) is 31.0. The Morgan fingerprint density at radius 3 is 2.40 bits per heavy atom. The van der Waals surface area contributed by atoms with Crippen LogP contribution in [0, 0.1) is 13.8 Å². The monoisotopic (exact) mass is 752 g/mol. The van der Waals surface area contributed by atoms with Crippen molar-refractivity contribution in [2.24, 2.45) is 0 Å². The predicted molar refractivity (Wildman–Crippen MR) is 195 cm³/mol. The van der Waals surface area contributed by atoms with Crippen LogP contribution in [0.25, 0.3) is 10.9 Å². The van der Waals surface area contributed by atoms with Gasteiger partial charge >= 0.3 is 7.12 Å². The third-order valence-corrected chi connectivity index (χ3v) is 8.38. The Bertz CT molecular complexity index is 2030. The van der Waals surface area contributed by atoms with E-state index in [1.54, 1.807) is 56.5 Å². The highest BCUT2D eigenvalue weighted by atomic mass is 35.5. The predicted octanol–water partition coefficient (Wildman–Crippen LogP) is -0.504. The molecule has 16 nitrogen and oxygen atoms in total. The van der Waals surface area contributed by atoms with Gasteiger partial charge in [0.1, 0.15) is 24.3 Å². The van der Waals surface area contributed by atoms with E-state index in [1.165, 1.54) is 10.8 Å². The van der Waals surface area contributed by atoms with Crippen molar-refractivity contribution in [3.05, 3.63) is 88.4 Å². The summed E-state index contributed by atoms with van der Waals surface area (Å²) in [6.45, 7) is 7.37. The quantitative estimate of drug-likeness (QED) is 0.119. The summed E-state index contributed by atoms with van der Waals surface area (Å²) in [5, 5.41) is 23.1. The third-order valence-electron chi connectivity index (χ3n) is 8.38. The molecule has 5 aromatic rings. The van der Waals surface area contributed by atoms with Crippen molar-refractivity contribution in [1.82, 2.24) is 29.7 Å².